The zero-order chi connectivity index (χ0) is 11.7. The summed E-state index contributed by atoms with van der Waals surface area (Å²) >= 11 is 0. The molecule has 9 heteroatoms. The third-order valence-electron chi connectivity index (χ3n) is 2.05. The van der Waals surface area contributed by atoms with E-state index in [9.17, 15) is 10.0 Å². The van der Waals surface area contributed by atoms with E-state index >= 15 is 0 Å². The van der Waals surface area contributed by atoms with Crippen LogP contribution in [-0.2, 0) is 6.54 Å². The quantitative estimate of drug-likeness (QED) is 0.429. The lowest BCUT2D eigenvalue weighted by atomic mass is 10.4. The molecule has 4 N–H and O–H groups in total. The van der Waals surface area contributed by atoms with Gasteiger partial charge in [0.1, 0.15) is 0 Å². The molecule has 1 atom stereocenters. The highest BCUT2D eigenvalue weighted by molar-refractivity contribution is 5.82. The minimum atomic E-state index is -1.31. The summed E-state index contributed by atoms with van der Waals surface area (Å²) in [5, 5.41) is 30.8. The summed E-state index contributed by atoms with van der Waals surface area (Å²) in [5.74, 6) is -0.363. The van der Waals surface area contributed by atoms with E-state index in [2.05, 4.69) is 15.1 Å². The second-order valence-corrected chi connectivity index (χ2v) is 3.03. The molecular weight excluding hydrogens is 218 g/mol. The molecule has 0 fully saturated rings. The third kappa shape index (κ3) is 1.57. The average molecular weight is 227 g/mol. The lowest BCUT2D eigenvalue weighted by Crippen LogP contribution is -2.99. The van der Waals surface area contributed by atoms with Crippen molar-refractivity contribution in [3.63, 3.8) is 0 Å². The van der Waals surface area contributed by atoms with Gasteiger partial charge in [-0.05, 0) is 0 Å². The van der Waals surface area contributed by atoms with Crippen molar-refractivity contribution in [3.8, 4) is 0 Å². The molecular formula is C7H9N5O4. The van der Waals surface area contributed by atoms with Crippen molar-refractivity contribution in [1.29, 1.82) is 0 Å². The summed E-state index contributed by atoms with van der Waals surface area (Å²) in [6, 6.07) is 0. The molecule has 2 aromatic rings. The Morgan fingerprint density at radius 3 is 3.00 bits per heavy atom. The number of aliphatic hydroxyl groups excluding tert-OH is 1. The first-order valence-electron chi connectivity index (χ1n) is 4.43. The summed E-state index contributed by atoms with van der Waals surface area (Å²) in [6.45, 7) is -0.134. The molecule has 0 bridgehead atoms. The predicted octanol–water partition coefficient (Wildman–Crippen LogP) is -2.48. The molecule has 0 aliphatic heterocycles. The third-order valence-corrected chi connectivity index (χ3v) is 2.05. The molecule has 0 spiro atoms. The van der Waals surface area contributed by atoms with Gasteiger partial charge in [0.15, 0.2) is 11.0 Å². The van der Waals surface area contributed by atoms with Gasteiger partial charge in [0.25, 0.3) is 11.4 Å². The average Bonchev–Trinajstić information content (AvgIpc) is 2.60. The number of aromatic nitrogens is 4. The highest BCUT2D eigenvalue weighted by atomic mass is 16.8. The van der Waals surface area contributed by atoms with Crippen LogP contribution in [0.4, 0.5) is 5.82 Å². The van der Waals surface area contributed by atoms with E-state index in [0.29, 0.717) is 0 Å². The van der Waals surface area contributed by atoms with Crippen LogP contribution in [-0.4, -0.2) is 36.7 Å². The van der Waals surface area contributed by atoms with Gasteiger partial charge in [0, 0.05) is 0 Å². The largest absolute Gasteiger partial charge is 0.594 e. The number of H-pyrrole nitrogens is 1. The van der Waals surface area contributed by atoms with Crippen LogP contribution in [0.1, 0.15) is 0 Å². The van der Waals surface area contributed by atoms with Gasteiger partial charge in [0.2, 0.25) is 0 Å². The molecule has 0 aliphatic carbocycles. The summed E-state index contributed by atoms with van der Waals surface area (Å²) in [6.07, 6.45) is 1.16. The fraction of sp³-hybridized carbons (Fsp3) is 0.286. The second-order valence-electron chi connectivity index (χ2n) is 3.03. The first kappa shape index (κ1) is 10.7. The first-order chi connectivity index (χ1) is 7.65. The Balaban J connectivity index is 2.77. The van der Waals surface area contributed by atoms with Gasteiger partial charge in [-0.2, -0.15) is 5.23 Å². The normalized spacial score (nSPS) is 13.2. The molecule has 86 valence electrons. The molecule has 16 heavy (non-hydrogen) atoms. The molecule has 0 amide bonds. The van der Waals surface area contributed by atoms with Gasteiger partial charge in [-0.3, -0.25) is 4.79 Å². The molecule has 1 unspecified atom stereocenters. The molecule has 2 aromatic heterocycles. The van der Waals surface area contributed by atoms with Crippen LogP contribution < -0.4 is 10.8 Å². The maximum absolute atomic E-state index is 11.4. The van der Waals surface area contributed by atoms with Crippen LogP contribution in [0.5, 0.6) is 0 Å². The van der Waals surface area contributed by atoms with E-state index in [1.807, 2.05) is 0 Å². The number of nitrogens with one attached hydrogen (secondary N) is 2. The zero-order valence-corrected chi connectivity index (χ0v) is 8.04. The van der Waals surface area contributed by atoms with Crippen molar-refractivity contribution in [3.05, 3.63) is 21.9 Å². The summed E-state index contributed by atoms with van der Waals surface area (Å²) in [7, 11) is 0. The number of aliphatic hydroxyl groups is 1. The van der Waals surface area contributed by atoms with Crippen LogP contribution in [0.25, 0.3) is 11.0 Å². The topological polar surface area (TPSA) is 132 Å². The Kier molecular flexibility index (Phi) is 2.66. The maximum Gasteiger partial charge on any atom is 0.292 e. The Bertz CT molecular complexity index is 559. The van der Waals surface area contributed by atoms with E-state index in [4.69, 9.17) is 10.3 Å². The number of hydrogen-bond acceptors (Lipinski definition) is 6. The minimum absolute atomic E-state index is 0.0801. The fourth-order valence-electron chi connectivity index (χ4n) is 1.42. The summed E-state index contributed by atoms with van der Waals surface area (Å²) < 4.78 is 1.19. The molecule has 0 aliphatic rings. The Hall–Kier alpha value is -1.81. The van der Waals surface area contributed by atoms with Crippen molar-refractivity contribution < 1.29 is 15.5 Å². The van der Waals surface area contributed by atoms with Gasteiger partial charge in [0.05, 0.1) is 19.5 Å². The number of rotatable bonds is 3. The molecule has 2 heterocycles. The van der Waals surface area contributed by atoms with Crippen molar-refractivity contribution in [1.82, 2.24) is 19.7 Å². The van der Waals surface area contributed by atoms with E-state index in [0.717, 1.165) is 6.33 Å². The smallest absolute Gasteiger partial charge is 0.292 e. The number of aromatic amines is 1. The SMILES string of the molecule is O=c1[nH]cnc2c1c([NH+]([O-])O)nn2CCO. The lowest BCUT2D eigenvalue weighted by molar-refractivity contribution is -0.992. The van der Waals surface area contributed by atoms with Crippen molar-refractivity contribution in [2.45, 2.75) is 6.54 Å². The van der Waals surface area contributed by atoms with Crippen molar-refractivity contribution in [2.75, 3.05) is 6.61 Å². The van der Waals surface area contributed by atoms with Crippen LogP contribution in [0.2, 0.25) is 0 Å². The first-order valence-corrected chi connectivity index (χ1v) is 4.43. The molecule has 0 saturated heterocycles. The van der Waals surface area contributed by atoms with E-state index < -0.39 is 10.8 Å². The van der Waals surface area contributed by atoms with Gasteiger partial charge < -0.3 is 15.3 Å². The van der Waals surface area contributed by atoms with Crippen LogP contribution in [0.15, 0.2) is 11.1 Å². The van der Waals surface area contributed by atoms with Crippen LogP contribution in [0, 0.1) is 5.21 Å². The fourth-order valence-corrected chi connectivity index (χ4v) is 1.42. The molecule has 0 saturated carbocycles. The minimum Gasteiger partial charge on any atom is -0.594 e. The molecule has 2 rings (SSSR count). The predicted molar refractivity (Wildman–Crippen MR) is 51.0 cm³/mol. The Labute approximate surface area is 88.1 Å². The van der Waals surface area contributed by atoms with E-state index in [-0.39, 0.29) is 30.0 Å². The highest BCUT2D eigenvalue weighted by Gasteiger charge is 2.19. The van der Waals surface area contributed by atoms with Crippen LogP contribution >= 0.6 is 0 Å². The zero-order valence-electron chi connectivity index (χ0n) is 8.04. The van der Waals surface area contributed by atoms with Crippen molar-refractivity contribution >= 4 is 16.9 Å². The highest BCUT2D eigenvalue weighted by Crippen LogP contribution is 2.12. The number of nitrogens with zero attached hydrogens (tertiary/aromatic N) is 3. The van der Waals surface area contributed by atoms with Gasteiger partial charge in [-0.15, -0.1) is 5.10 Å². The number of quaternary nitrogens is 1. The van der Waals surface area contributed by atoms with Gasteiger partial charge >= 0.3 is 0 Å². The second kappa shape index (κ2) is 3.98. The van der Waals surface area contributed by atoms with Crippen LogP contribution in [0.3, 0.4) is 0 Å². The van der Waals surface area contributed by atoms with Gasteiger partial charge in [-0.25, -0.2) is 14.9 Å². The Morgan fingerprint density at radius 2 is 2.38 bits per heavy atom. The summed E-state index contributed by atoms with van der Waals surface area (Å²) in [5.41, 5.74) is -0.415. The van der Waals surface area contributed by atoms with Crippen molar-refractivity contribution in [2.24, 2.45) is 0 Å². The summed E-state index contributed by atoms with van der Waals surface area (Å²) in [4.78, 5) is 17.6. The van der Waals surface area contributed by atoms with E-state index in [1.165, 1.54) is 4.68 Å². The maximum atomic E-state index is 11.4. The molecule has 9 nitrogen and oxygen atoms in total. The van der Waals surface area contributed by atoms with Gasteiger partial charge in [-0.1, -0.05) is 0 Å². The standard InChI is InChI=1S/C7H9N5O4/c13-2-1-11-5-4(6(10-11)12(15)16)7(14)9-3-8-5/h3,12-13,15H,1-2H2,(H,8,9,14). The number of hydrogen-bond donors (Lipinski definition) is 4. The lowest BCUT2D eigenvalue weighted by Gasteiger charge is -2.06. The monoisotopic (exact) mass is 227 g/mol. The molecule has 0 aromatic carbocycles. The molecule has 0 radical (unpaired) electrons. The Morgan fingerprint density at radius 1 is 1.62 bits per heavy atom. The number of fused-ring (bicyclic) bond motifs is 1. The van der Waals surface area contributed by atoms with E-state index in [1.54, 1.807) is 0 Å².